The number of carbonyl (C=O) groups is 1. The van der Waals surface area contributed by atoms with Gasteiger partial charge in [0, 0.05) is 13.0 Å². The van der Waals surface area contributed by atoms with Gasteiger partial charge in [-0.05, 0) is 29.7 Å². The van der Waals surface area contributed by atoms with Crippen LogP contribution < -0.4 is 5.73 Å². The van der Waals surface area contributed by atoms with Gasteiger partial charge in [-0.1, -0.05) is 6.07 Å². The molecule has 0 atom stereocenters. The lowest BCUT2D eigenvalue weighted by Crippen LogP contribution is -2.23. The molecule has 6 heteroatoms. The van der Waals surface area contributed by atoms with Crippen LogP contribution in [0.4, 0.5) is 17.6 Å². The van der Waals surface area contributed by atoms with Gasteiger partial charge >= 0.3 is 6.18 Å². The molecule has 0 saturated carbocycles. The predicted octanol–water partition coefficient (Wildman–Crippen LogP) is 2.35. The van der Waals surface area contributed by atoms with Crippen molar-refractivity contribution in [3.63, 3.8) is 0 Å². The average Bonchev–Trinajstić information content (AvgIpc) is 2.24. The lowest BCUT2D eigenvalue weighted by Gasteiger charge is -2.08. The average molecular weight is 249 g/mol. The Hall–Kier alpha value is -1.43. The Balaban J connectivity index is 2.75. The molecule has 0 unspecified atom stereocenters. The van der Waals surface area contributed by atoms with E-state index >= 15 is 0 Å². The fourth-order valence-corrected chi connectivity index (χ4v) is 1.42. The van der Waals surface area contributed by atoms with E-state index in [0.717, 1.165) is 6.07 Å². The van der Waals surface area contributed by atoms with Gasteiger partial charge in [-0.15, -0.1) is 0 Å². The summed E-state index contributed by atoms with van der Waals surface area (Å²) in [6.07, 6.45) is -5.70. The Bertz CT molecular complexity index is 414. The highest BCUT2D eigenvalue weighted by Crippen LogP contribution is 2.20. The van der Waals surface area contributed by atoms with Gasteiger partial charge in [-0.2, -0.15) is 13.2 Å². The molecule has 2 nitrogen and oxygen atoms in total. The number of Topliss-reactive ketones (excluding diaryl/α,β-unsaturated/α-hetero) is 1. The summed E-state index contributed by atoms with van der Waals surface area (Å²) in [6.45, 7) is 0.0931. The fraction of sp³-hybridized carbons (Fsp3) is 0.364. The first-order chi connectivity index (χ1) is 7.84. The number of ketones is 1. The molecule has 0 aliphatic heterocycles. The standard InChI is InChI=1S/C11H11F4NO/c12-9-3-1-8(6-16)7(5-9)2-4-10(17)11(13,14)15/h1,3,5H,2,4,6,16H2. The molecule has 94 valence electrons. The molecule has 0 bridgehead atoms. The molecule has 0 aliphatic rings. The maximum atomic E-state index is 12.9. The fourth-order valence-electron chi connectivity index (χ4n) is 1.42. The van der Waals surface area contributed by atoms with E-state index in [-0.39, 0.29) is 13.0 Å². The van der Waals surface area contributed by atoms with Gasteiger partial charge in [-0.25, -0.2) is 4.39 Å². The summed E-state index contributed by atoms with van der Waals surface area (Å²) < 4.78 is 48.8. The number of rotatable bonds is 4. The summed E-state index contributed by atoms with van der Waals surface area (Å²) in [4.78, 5) is 10.7. The Morgan fingerprint density at radius 2 is 1.88 bits per heavy atom. The van der Waals surface area contributed by atoms with Crippen molar-refractivity contribution in [2.75, 3.05) is 0 Å². The largest absolute Gasteiger partial charge is 0.449 e. The monoisotopic (exact) mass is 249 g/mol. The zero-order chi connectivity index (χ0) is 13.1. The number of halogens is 4. The van der Waals surface area contributed by atoms with Gasteiger partial charge in [0.1, 0.15) is 5.82 Å². The van der Waals surface area contributed by atoms with Gasteiger partial charge in [0.2, 0.25) is 5.78 Å². The van der Waals surface area contributed by atoms with E-state index in [1.54, 1.807) is 0 Å². The van der Waals surface area contributed by atoms with Gasteiger partial charge in [0.25, 0.3) is 0 Å². The number of nitrogens with two attached hydrogens (primary N) is 1. The molecular formula is C11H11F4NO. The third kappa shape index (κ3) is 3.81. The molecule has 0 aliphatic carbocycles. The molecule has 1 aromatic carbocycles. The minimum Gasteiger partial charge on any atom is -0.326 e. The molecule has 1 aromatic rings. The highest BCUT2D eigenvalue weighted by atomic mass is 19.4. The van der Waals surface area contributed by atoms with Crippen LogP contribution in [0.15, 0.2) is 18.2 Å². The van der Waals surface area contributed by atoms with Gasteiger partial charge < -0.3 is 5.73 Å². The summed E-state index contributed by atoms with van der Waals surface area (Å²) in [5.74, 6) is -2.37. The number of alkyl halides is 3. The molecule has 0 amide bonds. The summed E-state index contributed by atoms with van der Waals surface area (Å²) in [7, 11) is 0. The van der Waals surface area contributed by atoms with E-state index in [9.17, 15) is 22.4 Å². The van der Waals surface area contributed by atoms with E-state index in [0.29, 0.717) is 11.1 Å². The van der Waals surface area contributed by atoms with Gasteiger partial charge in [-0.3, -0.25) is 4.79 Å². The molecule has 17 heavy (non-hydrogen) atoms. The Morgan fingerprint density at radius 1 is 1.24 bits per heavy atom. The molecule has 0 aromatic heterocycles. The number of aryl methyl sites for hydroxylation is 1. The van der Waals surface area contributed by atoms with Crippen LogP contribution in [0.3, 0.4) is 0 Å². The van der Waals surface area contributed by atoms with E-state index in [1.807, 2.05) is 0 Å². The van der Waals surface area contributed by atoms with Crippen molar-refractivity contribution >= 4 is 5.78 Å². The molecule has 2 N–H and O–H groups in total. The van der Waals surface area contributed by atoms with Crippen molar-refractivity contribution in [1.29, 1.82) is 0 Å². The maximum absolute atomic E-state index is 12.9. The second kappa shape index (κ2) is 5.27. The van der Waals surface area contributed by atoms with Crippen molar-refractivity contribution in [1.82, 2.24) is 0 Å². The van der Waals surface area contributed by atoms with E-state index in [4.69, 9.17) is 5.73 Å². The van der Waals surface area contributed by atoms with Crippen LogP contribution in [-0.4, -0.2) is 12.0 Å². The lowest BCUT2D eigenvalue weighted by molar-refractivity contribution is -0.171. The smallest absolute Gasteiger partial charge is 0.326 e. The molecule has 0 fully saturated rings. The lowest BCUT2D eigenvalue weighted by atomic mass is 10.0. The number of benzene rings is 1. The quantitative estimate of drug-likeness (QED) is 0.832. The zero-order valence-electron chi connectivity index (χ0n) is 8.85. The second-order valence-electron chi connectivity index (χ2n) is 3.54. The Morgan fingerprint density at radius 3 is 2.41 bits per heavy atom. The van der Waals surface area contributed by atoms with Crippen molar-refractivity contribution in [3.05, 3.63) is 35.1 Å². The minimum atomic E-state index is -4.84. The third-order valence-corrected chi connectivity index (χ3v) is 2.33. The zero-order valence-corrected chi connectivity index (χ0v) is 8.85. The van der Waals surface area contributed by atoms with E-state index in [2.05, 4.69) is 0 Å². The van der Waals surface area contributed by atoms with Crippen LogP contribution in [0, 0.1) is 5.82 Å². The molecular weight excluding hydrogens is 238 g/mol. The first-order valence-electron chi connectivity index (χ1n) is 4.92. The van der Waals surface area contributed by atoms with E-state index < -0.39 is 24.2 Å². The van der Waals surface area contributed by atoms with Crippen molar-refractivity contribution in [2.45, 2.75) is 25.6 Å². The number of hydrogen-bond acceptors (Lipinski definition) is 2. The van der Waals surface area contributed by atoms with Gasteiger partial charge in [0.05, 0.1) is 0 Å². The number of carbonyl (C=O) groups excluding carboxylic acids is 1. The predicted molar refractivity (Wildman–Crippen MR) is 53.7 cm³/mol. The van der Waals surface area contributed by atoms with Crippen LogP contribution >= 0.6 is 0 Å². The highest BCUT2D eigenvalue weighted by Gasteiger charge is 2.37. The normalized spacial score (nSPS) is 11.6. The summed E-state index contributed by atoms with van der Waals surface area (Å²) in [5, 5.41) is 0. The van der Waals surface area contributed by atoms with E-state index in [1.165, 1.54) is 12.1 Å². The number of hydrogen-bond donors (Lipinski definition) is 1. The maximum Gasteiger partial charge on any atom is 0.449 e. The van der Waals surface area contributed by atoms with Crippen molar-refractivity contribution in [3.8, 4) is 0 Å². The first-order valence-corrected chi connectivity index (χ1v) is 4.92. The summed E-state index contributed by atoms with van der Waals surface area (Å²) in [6, 6.07) is 3.69. The molecule has 0 saturated heterocycles. The molecule has 0 radical (unpaired) electrons. The summed E-state index contributed by atoms with van der Waals surface area (Å²) in [5.41, 5.74) is 6.24. The van der Waals surface area contributed by atoms with Crippen LogP contribution in [0.1, 0.15) is 17.5 Å². The SMILES string of the molecule is NCc1ccc(F)cc1CCC(=O)C(F)(F)F. The molecule has 1 rings (SSSR count). The highest BCUT2D eigenvalue weighted by molar-refractivity contribution is 5.84. The second-order valence-corrected chi connectivity index (χ2v) is 3.54. The van der Waals surface area contributed by atoms with Gasteiger partial charge in [0.15, 0.2) is 0 Å². The molecule has 0 heterocycles. The Kier molecular flexibility index (Phi) is 4.22. The Labute approximate surface area is 95.4 Å². The topological polar surface area (TPSA) is 43.1 Å². The van der Waals surface area contributed by atoms with Crippen molar-refractivity contribution in [2.24, 2.45) is 5.73 Å². The van der Waals surface area contributed by atoms with Crippen LogP contribution in [0.2, 0.25) is 0 Å². The first kappa shape index (κ1) is 13.6. The summed E-state index contributed by atoms with van der Waals surface area (Å²) >= 11 is 0. The minimum absolute atomic E-state index is 0.0931. The van der Waals surface area contributed by atoms with Crippen LogP contribution in [-0.2, 0) is 17.8 Å². The van der Waals surface area contributed by atoms with Crippen molar-refractivity contribution < 1.29 is 22.4 Å². The molecule has 0 spiro atoms. The van der Waals surface area contributed by atoms with Crippen LogP contribution in [0.5, 0.6) is 0 Å². The van der Waals surface area contributed by atoms with Crippen LogP contribution in [0.25, 0.3) is 0 Å². The third-order valence-electron chi connectivity index (χ3n) is 2.33.